The Morgan fingerprint density at radius 2 is 2.00 bits per heavy atom. The number of thioether (sulfide) groups is 1. The summed E-state index contributed by atoms with van der Waals surface area (Å²) >= 11 is 1.32. The number of rotatable bonds is 8. The Morgan fingerprint density at radius 1 is 1.22 bits per heavy atom. The fraction of sp³-hybridized carbons (Fsp3) is 0.222. The van der Waals surface area contributed by atoms with Crippen LogP contribution in [0.25, 0.3) is 5.69 Å². The van der Waals surface area contributed by atoms with Crippen LogP contribution in [0.15, 0.2) is 53.7 Å². The summed E-state index contributed by atoms with van der Waals surface area (Å²) in [4.78, 5) is 0. The van der Waals surface area contributed by atoms with E-state index in [0.717, 1.165) is 5.69 Å². The van der Waals surface area contributed by atoms with E-state index in [1.54, 1.807) is 36.1 Å². The van der Waals surface area contributed by atoms with Gasteiger partial charge in [0.05, 0.1) is 24.8 Å². The normalized spacial score (nSPS) is 11.6. The average Bonchev–Trinajstić information content (AvgIpc) is 3.19. The van der Waals surface area contributed by atoms with E-state index >= 15 is 0 Å². The second-order valence-electron chi connectivity index (χ2n) is 5.46. The molecule has 1 N–H and O–H groups in total. The third-order valence-corrected chi connectivity index (χ3v) is 4.65. The zero-order chi connectivity index (χ0) is 19.1. The van der Waals surface area contributed by atoms with E-state index < -0.39 is 6.10 Å². The molecule has 0 amide bonds. The first-order valence-electron chi connectivity index (χ1n) is 8.07. The summed E-state index contributed by atoms with van der Waals surface area (Å²) in [6.07, 6.45) is -0.714. The van der Waals surface area contributed by atoms with Gasteiger partial charge in [0.15, 0.2) is 0 Å². The molecule has 0 unspecified atom stereocenters. The Morgan fingerprint density at radius 3 is 2.74 bits per heavy atom. The number of nitrogens with zero attached hydrogens (tertiary/aromatic N) is 5. The highest BCUT2D eigenvalue weighted by Crippen LogP contribution is 2.25. The lowest BCUT2D eigenvalue weighted by molar-refractivity contribution is 0.126. The van der Waals surface area contributed by atoms with Gasteiger partial charge in [-0.25, -0.2) is 0 Å². The van der Waals surface area contributed by atoms with Gasteiger partial charge in [0.2, 0.25) is 5.16 Å². The second-order valence-corrected chi connectivity index (χ2v) is 6.44. The molecule has 0 radical (unpaired) electrons. The van der Waals surface area contributed by atoms with Crippen molar-refractivity contribution in [2.75, 3.05) is 19.5 Å². The third kappa shape index (κ3) is 4.75. The average molecular weight is 383 g/mol. The molecule has 0 bridgehead atoms. The third-order valence-electron chi connectivity index (χ3n) is 3.58. The van der Waals surface area contributed by atoms with Crippen molar-refractivity contribution >= 4 is 11.8 Å². The number of aromatic nitrogens is 4. The Hall–Kier alpha value is -3.09. The SMILES string of the molecule is COc1ccccc1-n1nnnc1SC[C@@H](O)COc1ccc(C#N)cc1. The van der Waals surface area contributed by atoms with Crippen LogP contribution in [0.1, 0.15) is 5.56 Å². The van der Waals surface area contributed by atoms with Crippen LogP contribution in [0.4, 0.5) is 0 Å². The number of hydrogen-bond donors (Lipinski definition) is 1. The van der Waals surface area contributed by atoms with Gasteiger partial charge >= 0.3 is 0 Å². The van der Waals surface area contributed by atoms with Gasteiger partial charge < -0.3 is 14.6 Å². The fourth-order valence-electron chi connectivity index (χ4n) is 2.26. The van der Waals surface area contributed by atoms with Crippen molar-refractivity contribution in [3.63, 3.8) is 0 Å². The number of aliphatic hydroxyl groups excluding tert-OH is 1. The van der Waals surface area contributed by atoms with E-state index in [9.17, 15) is 5.11 Å². The summed E-state index contributed by atoms with van der Waals surface area (Å²) in [5.41, 5.74) is 1.28. The molecule has 138 valence electrons. The predicted molar refractivity (Wildman–Crippen MR) is 99.1 cm³/mol. The monoisotopic (exact) mass is 383 g/mol. The van der Waals surface area contributed by atoms with Crippen LogP contribution in [0, 0.1) is 11.3 Å². The smallest absolute Gasteiger partial charge is 0.214 e. The zero-order valence-electron chi connectivity index (χ0n) is 14.5. The van der Waals surface area contributed by atoms with Gasteiger partial charge in [-0.2, -0.15) is 9.94 Å². The molecule has 0 fully saturated rings. The van der Waals surface area contributed by atoms with Gasteiger partial charge in [-0.15, -0.1) is 5.10 Å². The van der Waals surface area contributed by atoms with Crippen molar-refractivity contribution < 1.29 is 14.6 Å². The van der Waals surface area contributed by atoms with Crippen molar-refractivity contribution in [1.29, 1.82) is 5.26 Å². The molecule has 8 nitrogen and oxygen atoms in total. The fourth-order valence-corrected chi connectivity index (χ4v) is 3.05. The molecule has 0 saturated carbocycles. The van der Waals surface area contributed by atoms with Gasteiger partial charge in [-0.05, 0) is 46.8 Å². The number of para-hydroxylation sites is 2. The summed E-state index contributed by atoms with van der Waals surface area (Å²) in [6.45, 7) is 0.120. The maximum Gasteiger partial charge on any atom is 0.214 e. The van der Waals surface area contributed by atoms with Gasteiger partial charge in [-0.1, -0.05) is 23.9 Å². The number of tetrazole rings is 1. The molecule has 0 aliphatic carbocycles. The van der Waals surface area contributed by atoms with E-state index in [-0.39, 0.29) is 6.61 Å². The minimum absolute atomic E-state index is 0.120. The van der Waals surface area contributed by atoms with Crippen LogP contribution in [-0.2, 0) is 0 Å². The minimum Gasteiger partial charge on any atom is -0.494 e. The maximum atomic E-state index is 10.2. The standard InChI is InChI=1S/C18H17N5O3S/c1-25-17-5-3-2-4-16(17)23-18(20-21-22-23)27-12-14(24)11-26-15-8-6-13(10-19)7-9-15/h2-9,14,24H,11-12H2,1H3/t14-/m0/s1. The van der Waals surface area contributed by atoms with Crippen LogP contribution in [0.5, 0.6) is 11.5 Å². The van der Waals surface area contributed by atoms with E-state index in [1.165, 1.54) is 11.8 Å². The van der Waals surface area contributed by atoms with Crippen LogP contribution >= 0.6 is 11.8 Å². The first-order chi connectivity index (χ1) is 13.2. The molecule has 0 saturated heterocycles. The number of benzene rings is 2. The highest BCUT2D eigenvalue weighted by molar-refractivity contribution is 7.99. The first kappa shape index (κ1) is 18.7. The molecule has 0 aliphatic rings. The number of ether oxygens (including phenoxy) is 2. The lowest BCUT2D eigenvalue weighted by Gasteiger charge is -2.12. The Balaban J connectivity index is 1.57. The minimum atomic E-state index is -0.714. The molecule has 3 aromatic rings. The van der Waals surface area contributed by atoms with Gasteiger partial charge in [0, 0.05) is 5.75 Å². The molecule has 2 aromatic carbocycles. The molecular formula is C18H17N5O3S. The molecule has 1 heterocycles. The van der Waals surface area contributed by atoms with Crippen molar-refractivity contribution in [2.45, 2.75) is 11.3 Å². The second kappa shape index (κ2) is 9.02. The van der Waals surface area contributed by atoms with E-state index in [4.69, 9.17) is 14.7 Å². The van der Waals surface area contributed by atoms with Crippen molar-refractivity contribution in [1.82, 2.24) is 20.2 Å². The van der Waals surface area contributed by atoms with Crippen LogP contribution in [0.3, 0.4) is 0 Å². The zero-order valence-corrected chi connectivity index (χ0v) is 15.3. The predicted octanol–water partition coefficient (Wildman–Crippen LogP) is 2.07. The number of hydrogen-bond acceptors (Lipinski definition) is 8. The number of nitriles is 1. The highest BCUT2D eigenvalue weighted by atomic mass is 32.2. The molecule has 0 spiro atoms. The quantitative estimate of drug-likeness (QED) is 0.589. The Kier molecular flexibility index (Phi) is 6.25. The highest BCUT2D eigenvalue weighted by Gasteiger charge is 2.15. The van der Waals surface area contributed by atoms with Gasteiger partial charge in [-0.3, -0.25) is 0 Å². The maximum absolute atomic E-state index is 10.2. The van der Waals surface area contributed by atoms with E-state index in [1.807, 2.05) is 30.3 Å². The van der Waals surface area contributed by atoms with Crippen LogP contribution in [-0.4, -0.2) is 50.9 Å². The molecule has 9 heteroatoms. The molecular weight excluding hydrogens is 366 g/mol. The van der Waals surface area contributed by atoms with E-state index in [2.05, 4.69) is 15.5 Å². The summed E-state index contributed by atoms with van der Waals surface area (Å²) in [7, 11) is 1.58. The lowest BCUT2D eigenvalue weighted by atomic mass is 10.2. The van der Waals surface area contributed by atoms with Crippen molar-refractivity contribution in [3.8, 4) is 23.3 Å². The molecule has 1 atom stereocenters. The van der Waals surface area contributed by atoms with E-state index in [0.29, 0.717) is 28.0 Å². The Bertz CT molecular complexity index is 923. The topological polar surface area (TPSA) is 106 Å². The van der Waals surface area contributed by atoms with Crippen LogP contribution in [0.2, 0.25) is 0 Å². The van der Waals surface area contributed by atoms with Gasteiger partial charge in [0.25, 0.3) is 0 Å². The molecule has 0 aliphatic heterocycles. The summed E-state index contributed by atoms with van der Waals surface area (Å²) < 4.78 is 12.4. The Labute approximate surface area is 160 Å². The molecule has 27 heavy (non-hydrogen) atoms. The molecule has 3 rings (SSSR count). The van der Waals surface area contributed by atoms with Gasteiger partial charge in [0.1, 0.15) is 23.8 Å². The largest absolute Gasteiger partial charge is 0.494 e. The van der Waals surface area contributed by atoms with Crippen molar-refractivity contribution in [2.24, 2.45) is 0 Å². The van der Waals surface area contributed by atoms with Crippen LogP contribution < -0.4 is 9.47 Å². The lowest BCUT2D eigenvalue weighted by Crippen LogP contribution is -2.20. The molecule has 1 aromatic heterocycles. The van der Waals surface area contributed by atoms with Crippen molar-refractivity contribution in [3.05, 3.63) is 54.1 Å². The first-order valence-corrected chi connectivity index (χ1v) is 9.05. The number of aliphatic hydroxyl groups is 1. The summed E-state index contributed by atoms with van der Waals surface area (Å²) in [6, 6.07) is 16.2. The summed E-state index contributed by atoms with van der Waals surface area (Å²) in [5, 5.41) is 31.2. The summed E-state index contributed by atoms with van der Waals surface area (Å²) in [5.74, 6) is 1.60. The number of methoxy groups -OCH3 is 1.